The van der Waals surface area contributed by atoms with Gasteiger partial charge in [0.15, 0.2) is 0 Å². The minimum absolute atomic E-state index is 0.154. The van der Waals surface area contributed by atoms with Crippen molar-refractivity contribution >= 4 is 21.7 Å². The third-order valence-corrected chi connectivity index (χ3v) is 3.04. The Morgan fingerprint density at radius 3 is 2.87 bits per heavy atom. The third kappa shape index (κ3) is 2.89. The molecule has 0 radical (unpaired) electrons. The Morgan fingerprint density at radius 1 is 1.27 bits per heavy atom. The second kappa shape index (κ2) is 4.90. The minimum Gasteiger partial charge on any atom is -0.393 e. The zero-order chi connectivity index (χ0) is 10.7. The summed E-state index contributed by atoms with van der Waals surface area (Å²) in [5, 5.41) is 9.53. The molecule has 82 valence electrons. The summed E-state index contributed by atoms with van der Waals surface area (Å²) < 4.78 is 0.751. The number of aromatic nitrogens is 2. The molecule has 2 heterocycles. The Morgan fingerprint density at radius 2 is 2.13 bits per heavy atom. The van der Waals surface area contributed by atoms with Crippen molar-refractivity contribution in [3.8, 4) is 0 Å². The van der Waals surface area contributed by atoms with Crippen LogP contribution >= 0.6 is 15.9 Å². The van der Waals surface area contributed by atoms with Gasteiger partial charge in [0.2, 0.25) is 0 Å². The predicted molar refractivity (Wildman–Crippen MR) is 61.8 cm³/mol. The molecule has 1 N–H and O–H groups in total. The van der Waals surface area contributed by atoms with Crippen LogP contribution in [-0.4, -0.2) is 34.3 Å². The topological polar surface area (TPSA) is 49.2 Å². The molecule has 1 saturated heterocycles. The number of aliphatic hydroxyl groups excluding tert-OH is 1. The molecule has 1 unspecified atom stereocenters. The molecular formula is C10H14BrN3O. The van der Waals surface area contributed by atoms with Crippen molar-refractivity contribution in [3.05, 3.63) is 17.0 Å². The summed E-state index contributed by atoms with van der Waals surface area (Å²) in [6.07, 6.45) is 6.04. The van der Waals surface area contributed by atoms with Gasteiger partial charge < -0.3 is 10.0 Å². The molecule has 4 nitrogen and oxygen atoms in total. The third-order valence-electron chi connectivity index (χ3n) is 2.63. The Bertz CT molecular complexity index is 317. The number of hydrogen-bond acceptors (Lipinski definition) is 4. The van der Waals surface area contributed by atoms with E-state index in [-0.39, 0.29) is 6.10 Å². The van der Waals surface area contributed by atoms with Crippen LogP contribution in [0.4, 0.5) is 5.82 Å². The number of hydrogen-bond donors (Lipinski definition) is 1. The second-order valence-electron chi connectivity index (χ2n) is 3.77. The van der Waals surface area contributed by atoms with E-state index >= 15 is 0 Å². The lowest BCUT2D eigenvalue weighted by Crippen LogP contribution is -2.25. The fourth-order valence-electron chi connectivity index (χ4n) is 1.78. The highest BCUT2D eigenvalue weighted by Crippen LogP contribution is 2.17. The molecule has 5 heteroatoms. The lowest BCUT2D eigenvalue weighted by molar-refractivity contribution is 0.161. The van der Waals surface area contributed by atoms with Crippen molar-refractivity contribution in [2.75, 3.05) is 18.0 Å². The summed E-state index contributed by atoms with van der Waals surface area (Å²) >= 11 is 3.26. The van der Waals surface area contributed by atoms with Gasteiger partial charge in [-0.1, -0.05) is 0 Å². The molecule has 0 saturated carbocycles. The van der Waals surface area contributed by atoms with Crippen molar-refractivity contribution in [2.24, 2.45) is 0 Å². The molecule has 1 aromatic heterocycles. The molecule has 1 atom stereocenters. The predicted octanol–water partition coefficient (Wildman–Crippen LogP) is 1.59. The van der Waals surface area contributed by atoms with E-state index in [4.69, 9.17) is 0 Å². The van der Waals surface area contributed by atoms with E-state index in [9.17, 15) is 5.11 Å². The second-order valence-corrected chi connectivity index (χ2v) is 4.58. The van der Waals surface area contributed by atoms with Crippen LogP contribution in [0.1, 0.15) is 19.3 Å². The van der Waals surface area contributed by atoms with Gasteiger partial charge >= 0.3 is 0 Å². The van der Waals surface area contributed by atoms with Gasteiger partial charge in [0.05, 0.1) is 18.5 Å². The van der Waals surface area contributed by atoms with Crippen molar-refractivity contribution in [3.63, 3.8) is 0 Å². The van der Waals surface area contributed by atoms with Gasteiger partial charge in [0.25, 0.3) is 0 Å². The van der Waals surface area contributed by atoms with E-state index in [2.05, 4.69) is 30.8 Å². The number of rotatable bonds is 1. The maximum absolute atomic E-state index is 9.53. The van der Waals surface area contributed by atoms with Crippen LogP contribution in [0.2, 0.25) is 0 Å². The van der Waals surface area contributed by atoms with Crippen molar-refractivity contribution in [1.29, 1.82) is 0 Å². The highest BCUT2D eigenvalue weighted by Gasteiger charge is 2.15. The van der Waals surface area contributed by atoms with Crippen LogP contribution in [0.3, 0.4) is 0 Å². The largest absolute Gasteiger partial charge is 0.393 e. The summed E-state index contributed by atoms with van der Waals surface area (Å²) in [6, 6.07) is 0. The van der Waals surface area contributed by atoms with Crippen LogP contribution in [0.5, 0.6) is 0 Å². The minimum atomic E-state index is -0.154. The molecule has 0 aromatic carbocycles. The normalized spacial score (nSPS) is 22.5. The highest BCUT2D eigenvalue weighted by molar-refractivity contribution is 9.10. The summed E-state index contributed by atoms with van der Waals surface area (Å²) in [5.41, 5.74) is 0. The lowest BCUT2D eigenvalue weighted by Gasteiger charge is -2.20. The van der Waals surface area contributed by atoms with E-state index in [1.165, 1.54) is 0 Å². The van der Waals surface area contributed by atoms with Crippen LogP contribution in [0.15, 0.2) is 17.0 Å². The molecule has 0 aliphatic carbocycles. The summed E-state index contributed by atoms with van der Waals surface area (Å²) in [7, 11) is 0. The molecule has 1 fully saturated rings. The standard InChI is InChI=1S/C10H14BrN3O/c11-9-6-13-10(7-12-9)14-4-1-2-8(15)3-5-14/h6-8,15H,1-5H2. The zero-order valence-corrected chi connectivity index (χ0v) is 10.0. The quantitative estimate of drug-likeness (QED) is 0.843. The first-order valence-electron chi connectivity index (χ1n) is 5.16. The Hall–Kier alpha value is -0.680. The lowest BCUT2D eigenvalue weighted by atomic mass is 10.2. The molecular weight excluding hydrogens is 258 g/mol. The van der Waals surface area contributed by atoms with Crippen LogP contribution in [0, 0.1) is 0 Å². The van der Waals surface area contributed by atoms with Crippen molar-refractivity contribution < 1.29 is 5.11 Å². The van der Waals surface area contributed by atoms with Gasteiger partial charge in [-0.25, -0.2) is 9.97 Å². The summed E-state index contributed by atoms with van der Waals surface area (Å²) in [5.74, 6) is 0.896. The Kier molecular flexibility index (Phi) is 3.53. The van der Waals surface area contributed by atoms with E-state index in [0.29, 0.717) is 0 Å². The van der Waals surface area contributed by atoms with E-state index in [0.717, 1.165) is 42.8 Å². The molecule has 1 aliphatic heterocycles. The molecule has 15 heavy (non-hydrogen) atoms. The van der Waals surface area contributed by atoms with Gasteiger partial charge in [0, 0.05) is 13.1 Å². The van der Waals surface area contributed by atoms with Gasteiger partial charge in [-0.2, -0.15) is 0 Å². The van der Waals surface area contributed by atoms with Gasteiger partial charge in [-0.05, 0) is 35.2 Å². The van der Waals surface area contributed by atoms with Gasteiger partial charge in [-0.3, -0.25) is 0 Å². The molecule has 1 aromatic rings. The summed E-state index contributed by atoms with van der Waals surface area (Å²) in [4.78, 5) is 10.6. The zero-order valence-electron chi connectivity index (χ0n) is 8.43. The van der Waals surface area contributed by atoms with Gasteiger partial charge in [-0.15, -0.1) is 0 Å². The van der Waals surface area contributed by atoms with Crippen LogP contribution in [-0.2, 0) is 0 Å². The number of nitrogens with zero attached hydrogens (tertiary/aromatic N) is 3. The SMILES string of the molecule is OC1CCCN(c2cnc(Br)cn2)CC1. The van der Waals surface area contributed by atoms with Gasteiger partial charge in [0.1, 0.15) is 10.4 Å². The van der Waals surface area contributed by atoms with Crippen LogP contribution < -0.4 is 4.90 Å². The Balaban J connectivity index is 2.06. The fraction of sp³-hybridized carbons (Fsp3) is 0.600. The smallest absolute Gasteiger partial charge is 0.147 e. The van der Waals surface area contributed by atoms with E-state index in [1.807, 2.05) is 0 Å². The maximum Gasteiger partial charge on any atom is 0.147 e. The average Bonchev–Trinajstić information content (AvgIpc) is 2.44. The van der Waals surface area contributed by atoms with Crippen LogP contribution in [0.25, 0.3) is 0 Å². The molecule has 0 spiro atoms. The number of aliphatic hydroxyl groups is 1. The number of anilines is 1. The molecule has 0 bridgehead atoms. The summed E-state index contributed by atoms with van der Waals surface area (Å²) in [6.45, 7) is 1.81. The fourth-order valence-corrected chi connectivity index (χ4v) is 1.98. The first-order valence-corrected chi connectivity index (χ1v) is 5.95. The average molecular weight is 272 g/mol. The first kappa shape index (κ1) is 10.8. The van der Waals surface area contributed by atoms with E-state index < -0.39 is 0 Å². The van der Waals surface area contributed by atoms with E-state index in [1.54, 1.807) is 12.4 Å². The van der Waals surface area contributed by atoms with Crippen molar-refractivity contribution in [2.45, 2.75) is 25.4 Å². The monoisotopic (exact) mass is 271 g/mol. The molecule has 2 rings (SSSR count). The molecule has 0 amide bonds. The first-order chi connectivity index (χ1) is 7.25. The molecule has 1 aliphatic rings. The highest BCUT2D eigenvalue weighted by atomic mass is 79.9. The maximum atomic E-state index is 9.53. The van der Waals surface area contributed by atoms with Crippen molar-refractivity contribution in [1.82, 2.24) is 9.97 Å². The number of halogens is 1. The Labute approximate surface area is 97.5 Å².